The third kappa shape index (κ3) is 6.62. The Bertz CT molecular complexity index is 555. The van der Waals surface area contributed by atoms with Crippen molar-refractivity contribution in [3.8, 4) is 0 Å². The van der Waals surface area contributed by atoms with Crippen molar-refractivity contribution in [2.24, 2.45) is 0 Å². The number of nitrogens with one attached hydrogen (secondary N) is 1. The lowest BCUT2D eigenvalue weighted by atomic mass is 10.0. The van der Waals surface area contributed by atoms with Crippen molar-refractivity contribution >= 4 is 12.1 Å². The lowest BCUT2D eigenvalue weighted by Crippen LogP contribution is -2.34. The van der Waals surface area contributed by atoms with Crippen LogP contribution in [-0.4, -0.2) is 50.6 Å². The van der Waals surface area contributed by atoms with Crippen molar-refractivity contribution in [2.75, 3.05) is 6.54 Å². The molecular weight excluding hydrogens is 304 g/mol. The molecule has 0 saturated heterocycles. The maximum absolute atomic E-state index is 11.4. The number of hydrogen-bond donors (Lipinski definition) is 4. The van der Waals surface area contributed by atoms with Gasteiger partial charge in [-0.3, -0.25) is 4.98 Å². The zero-order valence-electron chi connectivity index (χ0n) is 13.3. The number of ether oxygens (including phenoxy) is 1. The van der Waals surface area contributed by atoms with E-state index in [4.69, 9.17) is 9.84 Å². The molecule has 1 heterocycles. The Morgan fingerprint density at radius 3 is 2.52 bits per heavy atom. The van der Waals surface area contributed by atoms with Crippen LogP contribution in [0.4, 0.5) is 4.79 Å². The molecule has 1 aromatic heterocycles. The minimum Gasteiger partial charge on any atom is -0.478 e. The summed E-state index contributed by atoms with van der Waals surface area (Å²) in [6.07, 6.45) is -0.610. The van der Waals surface area contributed by atoms with E-state index in [-0.39, 0.29) is 24.1 Å². The summed E-state index contributed by atoms with van der Waals surface area (Å²) >= 11 is 0. The molecular formula is C15H22N2O6. The highest BCUT2D eigenvalue weighted by atomic mass is 16.6. The van der Waals surface area contributed by atoms with Crippen LogP contribution in [0.1, 0.15) is 49.2 Å². The highest BCUT2D eigenvalue weighted by Gasteiger charge is 2.21. The van der Waals surface area contributed by atoms with E-state index in [0.717, 1.165) is 6.20 Å². The topological polar surface area (TPSA) is 129 Å². The van der Waals surface area contributed by atoms with Crippen LogP contribution in [0.5, 0.6) is 0 Å². The Morgan fingerprint density at radius 2 is 1.96 bits per heavy atom. The molecule has 1 rings (SSSR count). The van der Waals surface area contributed by atoms with E-state index in [1.165, 1.54) is 12.3 Å². The summed E-state index contributed by atoms with van der Waals surface area (Å²) < 4.78 is 5.04. The van der Waals surface area contributed by atoms with E-state index in [1.54, 1.807) is 20.8 Å². The standard InChI is InChI=1S/C15H22N2O6/c1-15(2,3)23-14(22)17-5-4-11(18)12(19)9-6-10(13(20)21)8-16-7-9/h6-8,11-12,18-19H,4-5H2,1-3H3,(H,17,22)(H,20,21). The minimum absolute atomic E-state index is 0.0672. The van der Waals surface area contributed by atoms with E-state index in [0.29, 0.717) is 0 Å². The highest BCUT2D eigenvalue weighted by Crippen LogP contribution is 2.19. The average molecular weight is 326 g/mol. The van der Waals surface area contributed by atoms with E-state index in [1.807, 2.05) is 0 Å². The van der Waals surface area contributed by atoms with Gasteiger partial charge >= 0.3 is 12.1 Å². The number of aliphatic hydroxyl groups is 2. The molecule has 0 aromatic carbocycles. The van der Waals surface area contributed by atoms with E-state index >= 15 is 0 Å². The van der Waals surface area contributed by atoms with E-state index in [9.17, 15) is 19.8 Å². The predicted molar refractivity (Wildman–Crippen MR) is 81.0 cm³/mol. The monoisotopic (exact) mass is 326 g/mol. The first-order valence-electron chi connectivity index (χ1n) is 7.11. The Hall–Kier alpha value is -2.19. The lowest BCUT2D eigenvalue weighted by molar-refractivity contribution is 0.0120. The molecule has 128 valence electrons. The molecule has 4 N–H and O–H groups in total. The summed E-state index contributed by atoms with van der Waals surface area (Å²) in [5.41, 5.74) is -0.513. The SMILES string of the molecule is CC(C)(C)OC(=O)NCCC(O)C(O)c1cncc(C(=O)O)c1. The van der Waals surface area contributed by atoms with Gasteiger partial charge in [-0.05, 0) is 33.3 Å². The van der Waals surface area contributed by atoms with Crippen molar-refractivity contribution in [1.29, 1.82) is 0 Å². The number of alkyl carbamates (subject to hydrolysis) is 1. The molecule has 0 aliphatic carbocycles. The summed E-state index contributed by atoms with van der Waals surface area (Å²) in [5, 5.41) is 31.3. The van der Waals surface area contributed by atoms with E-state index < -0.39 is 29.9 Å². The minimum atomic E-state index is -1.30. The first-order chi connectivity index (χ1) is 10.6. The second-order valence-electron chi connectivity index (χ2n) is 6.04. The van der Waals surface area contributed by atoms with Gasteiger partial charge in [-0.15, -0.1) is 0 Å². The van der Waals surface area contributed by atoms with Crippen LogP contribution in [0.3, 0.4) is 0 Å². The smallest absolute Gasteiger partial charge is 0.407 e. The third-order valence-corrected chi connectivity index (χ3v) is 2.82. The number of carbonyl (C=O) groups is 2. The van der Waals surface area contributed by atoms with Gasteiger partial charge in [0.2, 0.25) is 0 Å². The van der Waals surface area contributed by atoms with Crippen molar-refractivity contribution in [1.82, 2.24) is 10.3 Å². The zero-order chi connectivity index (χ0) is 17.6. The Kier molecular flexibility index (Phi) is 6.47. The molecule has 0 radical (unpaired) electrons. The number of nitrogens with zero attached hydrogens (tertiary/aromatic N) is 1. The van der Waals surface area contributed by atoms with Crippen LogP contribution >= 0.6 is 0 Å². The second-order valence-corrected chi connectivity index (χ2v) is 6.04. The summed E-state index contributed by atoms with van der Waals surface area (Å²) in [4.78, 5) is 26.0. The van der Waals surface area contributed by atoms with Gasteiger partial charge < -0.3 is 25.4 Å². The summed E-state index contributed by atoms with van der Waals surface area (Å²) in [7, 11) is 0. The number of rotatable bonds is 6. The quantitative estimate of drug-likeness (QED) is 0.615. The maximum Gasteiger partial charge on any atom is 0.407 e. The number of hydrogen-bond acceptors (Lipinski definition) is 6. The molecule has 1 aromatic rings. The van der Waals surface area contributed by atoms with Crippen molar-refractivity contribution < 1.29 is 29.6 Å². The van der Waals surface area contributed by atoms with Gasteiger partial charge in [0.15, 0.2) is 0 Å². The number of amides is 1. The van der Waals surface area contributed by atoms with Crippen LogP contribution in [0.25, 0.3) is 0 Å². The number of aromatic nitrogens is 1. The number of carboxylic acids is 1. The summed E-state index contributed by atoms with van der Waals surface area (Å²) in [6, 6.07) is 1.24. The Morgan fingerprint density at radius 1 is 1.30 bits per heavy atom. The van der Waals surface area contributed by atoms with Gasteiger partial charge in [-0.25, -0.2) is 9.59 Å². The van der Waals surface area contributed by atoms with Crippen LogP contribution in [0, 0.1) is 0 Å². The number of aliphatic hydroxyl groups excluding tert-OH is 2. The predicted octanol–water partition coefficient (Wildman–Crippen LogP) is 1.09. The normalized spacial score (nSPS) is 14.0. The van der Waals surface area contributed by atoms with Gasteiger partial charge in [-0.1, -0.05) is 0 Å². The molecule has 0 fully saturated rings. The molecule has 0 aliphatic heterocycles. The van der Waals surface area contributed by atoms with Crippen LogP contribution in [-0.2, 0) is 4.74 Å². The molecule has 0 saturated carbocycles. The molecule has 1 amide bonds. The first-order valence-corrected chi connectivity index (χ1v) is 7.11. The number of carbonyl (C=O) groups excluding carboxylic acids is 1. The molecule has 2 unspecified atom stereocenters. The average Bonchev–Trinajstić information content (AvgIpc) is 2.44. The summed E-state index contributed by atoms with van der Waals surface area (Å²) in [5.74, 6) is -1.17. The lowest BCUT2D eigenvalue weighted by Gasteiger charge is -2.21. The third-order valence-electron chi connectivity index (χ3n) is 2.82. The fourth-order valence-electron chi connectivity index (χ4n) is 1.75. The maximum atomic E-state index is 11.4. The van der Waals surface area contributed by atoms with Crippen LogP contribution in [0.2, 0.25) is 0 Å². The zero-order valence-corrected chi connectivity index (χ0v) is 13.3. The molecule has 8 heteroatoms. The fraction of sp³-hybridized carbons (Fsp3) is 0.533. The van der Waals surface area contributed by atoms with Gasteiger partial charge in [0.25, 0.3) is 0 Å². The van der Waals surface area contributed by atoms with E-state index in [2.05, 4.69) is 10.3 Å². The van der Waals surface area contributed by atoms with Crippen LogP contribution in [0.15, 0.2) is 18.5 Å². The Balaban J connectivity index is 2.51. The molecule has 8 nitrogen and oxygen atoms in total. The molecule has 0 bridgehead atoms. The molecule has 0 aliphatic rings. The number of pyridine rings is 1. The first kappa shape index (κ1) is 18.9. The van der Waals surface area contributed by atoms with Crippen molar-refractivity contribution in [2.45, 2.75) is 45.0 Å². The Labute approximate surface area is 134 Å². The van der Waals surface area contributed by atoms with Gasteiger partial charge in [0, 0.05) is 24.5 Å². The number of carboxylic acid groups (broad SMARTS) is 1. The second kappa shape index (κ2) is 7.89. The molecule has 23 heavy (non-hydrogen) atoms. The molecule has 0 spiro atoms. The van der Waals surface area contributed by atoms with Crippen molar-refractivity contribution in [3.63, 3.8) is 0 Å². The van der Waals surface area contributed by atoms with Gasteiger partial charge in [0.1, 0.15) is 11.7 Å². The van der Waals surface area contributed by atoms with Gasteiger partial charge in [-0.2, -0.15) is 0 Å². The molecule has 2 atom stereocenters. The van der Waals surface area contributed by atoms with Gasteiger partial charge in [0.05, 0.1) is 11.7 Å². The van der Waals surface area contributed by atoms with Crippen molar-refractivity contribution in [3.05, 3.63) is 29.6 Å². The summed E-state index contributed by atoms with van der Waals surface area (Å²) in [6.45, 7) is 5.29. The van der Waals surface area contributed by atoms with Crippen LogP contribution < -0.4 is 5.32 Å². The number of aromatic carboxylic acids is 1. The fourth-order valence-corrected chi connectivity index (χ4v) is 1.75. The highest BCUT2D eigenvalue weighted by molar-refractivity contribution is 5.87. The largest absolute Gasteiger partial charge is 0.478 e.